The zero-order chi connectivity index (χ0) is 17.7. The number of amides is 2. The van der Waals surface area contributed by atoms with Crippen molar-refractivity contribution in [1.82, 2.24) is 0 Å². The van der Waals surface area contributed by atoms with Crippen molar-refractivity contribution in [3.63, 3.8) is 0 Å². The quantitative estimate of drug-likeness (QED) is 0.786. The monoisotopic (exact) mass is 333 g/mol. The highest BCUT2D eigenvalue weighted by Gasteiger charge is 2.08. The molecule has 3 N–H and O–H groups in total. The molecule has 0 spiro atoms. The summed E-state index contributed by atoms with van der Waals surface area (Å²) in [6.07, 6.45) is 0. The second kappa shape index (κ2) is 7.54. The minimum atomic E-state index is -0.767. The predicted octanol–water partition coefficient (Wildman–Crippen LogP) is 3.28. The van der Waals surface area contributed by atoms with Gasteiger partial charge in [0, 0.05) is 30.1 Å². The second-order valence-electron chi connectivity index (χ2n) is 5.22. The van der Waals surface area contributed by atoms with Crippen LogP contribution in [0.5, 0.6) is 0 Å². The molecule has 7 heteroatoms. The Labute approximate surface area is 138 Å². The van der Waals surface area contributed by atoms with E-state index in [1.165, 1.54) is 6.92 Å². The van der Waals surface area contributed by atoms with Crippen LogP contribution in [0.2, 0.25) is 0 Å². The first-order valence-corrected chi connectivity index (χ1v) is 7.22. The Morgan fingerprint density at radius 3 is 2.25 bits per heavy atom. The van der Waals surface area contributed by atoms with Crippen LogP contribution in [0.15, 0.2) is 36.4 Å². The third kappa shape index (κ3) is 4.77. The lowest BCUT2D eigenvalue weighted by molar-refractivity contribution is -0.115. The summed E-state index contributed by atoms with van der Waals surface area (Å²) < 4.78 is 26.2. The molecule has 0 heterocycles. The molecule has 0 aliphatic carbocycles. The molecule has 0 aliphatic rings. The average Bonchev–Trinajstić information content (AvgIpc) is 2.46. The minimum absolute atomic E-state index is 0.0445. The summed E-state index contributed by atoms with van der Waals surface area (Å²) in [7, 11) is 0. The van der Waals surface area contributed by atoms with Crippen molar-refractivity contribution in [2.75, 3.05) is 22.5 Å². The summed E-state index contributed by atoms with van der Waals surface area (Å²) in [5, 5.41) is 8.02. The summed E-state index contributed by atoms with van der Waals surface area (Å²) in [5.74, 6) is -2.18. The summed E-state index contributed by atoms with van der Waals surface area (Å²) in [5.41, 5.74) is 2.13. The molecule has 126 valence electrons. The summed E-state index contributed by atoms with van der Waals surface area (Å²) in [4.78, 5) is 23.0. The Hall–Kier alpha value is -2.96. The number of anilines is 3. The number of nitrogens with one attached hydrogen (secondary N) is 3. The van der Waals surface area contributed by atoms with Crippen LogP contribution in [0.4, 0.5) is 25.8 Å². The minimum Gasteiger partial charge on any atom is -0.376 e. The van der Waals surface area contributed by atoms with Crippen molar-refractivity contribution < 1.29 is 18.4 Å². The molecular formula is C17H17F2N3O2. The van der Waals surface area contributed by atoms with Gasteiger partial charge in [0.1, 0.15) is 11.6 Å². The van der Waals surface area contributed by atoms with Crippen molar-refractivity contribution >= 4 is 28.9 Å². The maximum absolute atomic E-state index is 13.1. The lowest BCUT2D eigenvalue weighted by Crippen LogP contribution is -2.22. The molecule has 0 aliphatic heterocycles. The van der Waals surface area contributed by atoms with E-state index in [-0.39, 0.29) is 18.1 Å². The van der Waals surface area contributed by atoms with Crippen LogP contribution in [0.25, 0.3) is 0 Å². The third-order valence-corrected chi connectivity index (χ3v) is 3.23. The van der Waals surface area contributed by atoms with Gasteiger partial charge in [0.25, 0.3) is 0 Å². The smallest absolute Gasteiger partial charge is 0.243 e. The van der Waals surface area contributed by atoms with Gasteiger partial charge in [0.05, 0.1) is 6.54 Å². The van der Waals surface area contributed by atoms with E-state index in [9.17, 15) is 18.4 Å². The molecule has 0 atom stereocenters. The molecule has 0 saturated carbocycles. The number of benzene rings is 2. The molecule has 0 saturated heterocycles. The Morgan fingerprint density at radius 1 is 1.00 bits per heavy atom. The topological polar surface area (TPSA) is 70.2 Å². The van der Waals surface area contributed by atoms with E-state index in [0.717, 1.165) is 23.8 Å². The average molecular weight is 333 g/mol. The van der Waals surface area contributed by atoms with E-state index in [1.54, 1.807) is 25.1 Å². The Balaban J connectivity index is 2.00. The van der Waals surface area contributed by atoms with Gasteiger partial charge in [-0.05, 0) is 36.8 Å². The van der Waals surface area contributed by atoms with E-state index in [2.05, 4.69) is 16.0 Å². The van der Waals surface area contributed by atoms with Crippen LogP contribution in [-0.2, 0) is 9.59 Å². The van der Waals surface area contributed by atoms with Crippen LogP contribution in [0, 0.1) is 18.6 Å². The molecule has 0 aromatic heterocycles. The van der Waals surface area contributed by atoms with Crippen molar-refractivity contribution in [2.45, 2.75) is 13.8 Å². The van der Waals surface area contributed by atoms with Crippen LogP contribution >= 0.6 is 0 Å². The van der Waals surface area contributed by atoms with E-state index in [0.29, 0.717) is 11.4 Å². The standard InChI is InChI=1S/C17H17F2N3O2/c1-10-15(4-3-5-16(10)21-11(2)23)20-9-17(24)22-14-7-12(18)6-13(19)8-14/h3-8,20H,9H2,1-2H3,(H,21,23)(H,22,24). The number of hydrogen-bond donors (Lipinski definition) is 3. The number of carbonyl (C=O) groups excluding carboxylic acids is 2. The van der Waals surface area contributed by atoms with E-state index in [1.807, 2.05) is 0 Å². The third-order valence-electron chi connectivity index (χ3n) is 3.23. The second-order valence-corrected chi connectivity index (χ2v) is 5.22. The fraction of sp³-hybridized carbons (Fsp3) is 0.176. The van der Waals surface area contributed by atoms with Crippen molar-refractivity contribution in [1.29, 1.82) is 0 Å². The molecule has 0 bridgehead atoms. The van der Waals surface area contributed by atoms with Gasteiger partial charge in [-0.1, -0.05) is 6.07 Å². The van der Waals surface area contributed by atoms with Gasteiger partial charge in [-0.2, -0.15) is 0 Å². The zero-order valence-electron chi connectivity index (χ0n) is 13.2. The number of halogens is 2. The molecule has 0 fully saturated rings. The predicted molar refractivity (Wildman–Crippen MR) is 89.0 cm³/mol. The summed E-state index contributed by atoms with van der Waals surface area (Å²) in [6.45, 7) is 3.11. The van der Waals surface area contributed by atoms with E-state index < -0.39 is 17.5 Å². The van der Waals surface area contributed by atoms with Gasteiger partial charge in [-0.3, -0.25) is 9.59 Å². The SMILES string of the molecule is CC(=O)Nc1cccc(NCC(=O)Nc2cc(F)cc(F)c2)c1C. The highest BCUT2D eigenvalue weighted by Crippen LogP contribution is 2.23. The fourth-order valence-electron chi connectivity index (χ4n) is 2.16. The molecule has 2 amide bonds. The van der Waals surface area contributed by atoms with Gasteiger partial charge in [-0.25, -0.2) is 8.78 Å². The van der Waals surface area contributed by atoms with Gasteiger partial charge >= 0.3 is 0 Å². The molecule has 5 nitrogen and oxygen atoms in total. The highest BCUT2D eigenvalue weighted by molar-refractivity contribution is 5.94. The maximum atomic E-state index is 13.1. The first-order valence-electron chi connectivity index (χ1n) is 7.22. The molecule has 2 aromatic carbocycles. The Kier molecular flexibility index (Phi) is 5.47. The zero-order valence-corrected chi connectivity index (χ0v) is 13.2. The number of rotatable bonds is 5. The maximum Gasteiger partial charge on any atom is 0.243 e. The summed E-state index contributed by atoms with van der Waals surface area (Å²) in [6, 6.07) is 8.03. The van der Waals surface area contributed by atoms with Crippen molar-refractivity contribution in [3.8, 4) is 0 Å². The molecule has 24 heavy (non-hydrogen) atoms. The van der Waals surface area contributed by atoms with Gasteiger partial charge in [0.15, 0.2) is 0 Å². The highest BCUT2D eigenvalue weighted by atomic mass is 19.1. The van der Waals surface area contributed by atoms with Crippen LogP contribution in [0.1, 0.15) is 12.5 Å². The fourth-order valence-corrected chi connectivity index (χ4v) is 2.16. The first-order chi connectivity index (χ1) is 11.3. The lowest BCUT2D eigenvalue weighted by Gasteiger charge is -2.13. The van der Waals surface area contributed by atoms with Gasteiger partial charge in [-0.15, -0.1) is 0 Å². The molecule has 0 unspecified atom stereocenters. The largest absolute Gasteiger partial charge is 0.376 e. The van der Waals surface area contributed by atoms with Crippen LogP contribution in [0.3, 0.4) is 0 Å². The number of carbonyl (C=O) groups is 2. The van der Waals surface area contributed by atoms with Gasteiger partial charge in [0.2, 0.25) is 11.8 Å². The first kappa shape index (κ1) is 17.4. The Morgan fingerprint density at radius 2 is 1.62 bits per heavy atom. The molecule has 0 radical (unpaired) electrons. The van der Waals surface area contributed by atoms with E-state index in [4.69, 9.17) is 0 Å². The van der Waals surface area contributed by atoms with Crippen LogP contribution in [-0.4, -0.2) is 18.4 Å². The molecule has 2 rings (SSSR count). The molecular weight excluding hydrogens is 316 g/mol. The lowest BCUT2D eigenvalue weighted by atomic mass is 10.1. The number of hydrogen-bond acceptors (Lipinski definition) is 3. The van der Waals surface area contributed by atoms with Crippen molar-refractivity contribution in [3.05, 3.63) is 53.6 Å². The van der Waals surface area contributed by atoms with Gasteiger partial charge < -0.3 is 16.0 Å². The summed E-state index contributed by atoms with van der Waals surface area (Å²) >= 11 is 0. The normalized spacial score (nSPS) is 10.2. The van der Waals surface area contributed by atoms with E-state index >= 15 is 0 Å². The van der Waals surface area contributed by atoms with Crippen LogP contribution < -0.4 is 16.0 Å². The van der Waals surface area contributed by atoms with Crippen molar-refractivity contribution in [2.24, 2.45) is 0 Å². The Bertz CT molecular complexity index is 758. The molecule has 2 aromatic rings.